The van der Waals surface area contributed by atoms with Crippen molar-refractivity contribution in [1.29, 1.82) is 21.0 Å². The standard InChI is InChI=1S/C24H8N4S5/c25-9-13(10-26)5-15-1-3-17(29-15)19-7-21-23(32-19)24-22(31-21)8-20(33-24)18-4-2-16(30-18)6-14(11-27)12-28/h1-8H. The smallest absolute Gasteiger partial charge is 0.131 e. The molecule has 0 spiro atoms. The van der Waals surface area contributed by atoms with Crippen molar-refractivity contribution < 1.29 is 0 Å². The van der Waals surface area contributed by atoms with Crippen molar-refractivity contribution >= 4 is 87.6 Å². The van der Waals surface area contributed by atoms with Gasteiger partial charge in [0.15, 0.2) is 0 Å². The molecule has 5 rings (SSSR count). The summed E-state index contributed by atoms with van der Waals surface area (Å²) in [6, 6.07) is 20.0. The number of nitrogens with zero attached hydrogens (tertiary/aromatic N) is 4. The third-order valence-corrected chi connectivity index (χ3v) is 10.8. The molecular weight excluding hydrogens is 505 g/mol. The molecule has 0 unspecified atom stereocenters. The van der Waals surface area contributed by atoms with Crippen LogP contribution in [0, 0.1) is 45.3 Å². The van der Waals surface area contributed by atoms with E-state index in [-0.39, 0.29) is 11.1 Å². The van der Waals surface area contributed by atoms with E-state index in [1.807, 2.05) is 48.5 Å². The van der Waals surface area contributed by atoms with Gasteiger partial charge in [-0.3, -0.25) is 0 Å². The molecule has 0 aliphatic heterocycles. The van der Waals surface area contributed by atoms with E-state index in [0.29, 0.717) is 0 Å². The van der Waals surface area contributed by atoms with Gasteiger partial charge in [0.1, 0.15) is 35.4 Å². The van der Waals surface area contributed by atoms with E-state index in [0.717, 1.165) is 19.5 Å². The van der Waals surface area contributed by atoms with Crippen LogP contribution >= 0.6 is 56.7 Å². The molecule has 5 aromatic heterocycles. The monoisotopic (exact) mass is 512 g/mol. The molecule has 0 aromatic carbocycles. The van der Waals surface area contributed by atoms with Crippen LogP contribution in [0.5, 0.6) is 0 Å². The molecule has 33 heavy (non-hydrogen) atoms. The lowest BCUT2D eigenvalue weighted by Gasteiger charge is -1.89. The first-order chi connectivity index (χ1) is 16.1. The van der Waals surface area contributed by atoms with Gasteiger partial charge in [-0.25, -0.2) is 0 Å². The summed E-state index contributed by atoms with van der Waals surface area (Å²) in [5.41, 5.74) is 0.208. The van der Waals surface area contributed by atoms with Crippen LogP contribution in [0.15, 0.2) is 47.5 Å². The maximum absolute atomic E-state index is 8.97. The summed E-state index contributed by atoms with van der Waals surface area (Å²) < 4.78 is 5.06. The predicted octanol–water partition coefficient (Wildman–Crippen LogP) is 8.50. The molecule has 0 bridgehead atoms. The number of hydrogen-bond donors (Lipinski definition) is 0. The van der Waals surface area contributed by atoms with E-state index in [2.05, 4.69) is 12.1 Å². The molecule has 5 aromatic rings. The van der Waals surface area contributed by atoms with Gasteiger partial charge in [0.25, 0.3) is 0 Å². The van der Waals surface area contributed by atoms with Gasteiger partial charge in [0, 0.05) is 38.7 Å². The summed E-state index contributed by atoms with van der Waals surface area (Å²) in [7, 11) is 0. The van der Waals surface area contributed by atoms with E-state index < -0.39 is 0 Å². The number of thiophene rings is 5. The third kappa shape index (κ3) is 4.01. The second kappa shape index (κ2) is 8.77. The molecular formula is C24H8N4S5. The largest absolute Gasteiger partial charge is 0.192 e. The minimum absolute atomic E-state index is 0.104. The normalized spacial score (nSPS) is 10.3. The minimum atomic E-state index is 0.104. The van der Waals surface area contributed by atoms with Crippen LogP contribution in [0.3, 0.4) is 0 Å². The van der Waals surface area contributed by atoms with Gasteiger partial charge in [-0.15, -0.1) is 56.7 Å². The molecule has 0 aliphatic carbocycles. The topological polar surface area (TPSA) is 95.2 Å². The maximum Gasteiger partial charge on any atom is 0.131 e. The van der Waals surface area contributed by atoms with Crippen LogP contribution in [0.25, 0.3) is 50.5 Å². The summed E-state index contributed by atoms with van der Waals surface area (Å²) >= 11 is 8.44. The Hall–Kier alpha value is -3.54. The van der Waals surface area contributed by atoms with Gasteiger partial charge in [-0.2, -0.15) is 21.0 Å². The Morgan fingerprint density at radius 1 is 0.545 bits per heavy atom. The molecule has 0 N–H and O–H groups in total. The summed E-state index contributed by atoms with van der Waals surface area (Å²) in [6.45, 7) is 0. The molecule has 0 aliphatic rings. The zero-order chi connectivity index (χ0) is 22.9. The molecule has 4 nitrogen and oxygen atoms in total. The van der Waals surface area contributed by atoms with Crippen LogP contribution in [0.2, 0.25) is 0 Å². The van der Waals surface area contributed by atoms with Gasteiger partial charge in [-0.1, -0.05) is 0 Å². The van der Waals surface area contributed by atoms with Crippen molar-refractivity contribution in [3.8, 4) is 43.8 Å². The summed E-state index contributed by atoms with van der Waals surface area (Å²) in [5, 5.41) is 35.9. The van der Waals surface area contributed by atoms with E-state index in [4.69, 9.17) is 21.0 Å². The Kier molecular flexibility index (Phi) is 5.67. The van der Waals surface area contributed by atoms with Gasteiger partial charge in [0.2, 0.25) is 0 Å². The first-order valence-corrected chi connectivity index (χ1v) is 13.4. The Morgan fingerprint density at radius 3 is 1.36 bits per heavy atom. The lowest BCUT2D eigenvalue weighted by Crippen LogP contribution is -1.68. The number of nitriles is 4. The van der Waals surface area contributed by atoms with E-state index in [1.54, 1.807) is 68.8 Å². The SMILES string of the molecule is N#CC(C#N)=Cc1ccc(-c2cc3sc4cc(-c5ccc(C=C(C#N)C#N)s5)sc4c3s2)s1. The molecule has 0 saturated carbocycles. The highest BCUT2D eigenvalue weighted by atomic mass is 32.1. The fourth-order valence-electron chi connectivity index (χ4n) is 3.17. The first-order valence-electron chi connectivity index (χ1n) is 9.32. The number of fused-ring (bicyclic) bond motifs is 3. The van der Waals surface area contributed by atoms with Gasteiger partial charge < -0.3 is 0 Å². The quantitative estimate of drug-likeness (QED) is 0.226. The fourth-order valence-corrected chi connectivity index (χ4v) is 9.26. The lowest BCUT2D eigenvalue weighted by atomic mass is 10.3. The Balaban J connectivity index is 1.48. The zero-order valence-electron chi connectivity index (χ0n) is 16.4. The molecule has 9 heteroatoms. The second-order valence-electron chi connectivity index (χ2n) is 6.68. The van der Waals surface area contributed by atoms with E-state index in [9.17, 15) is 0 Å². The zero-order valence-corrected chi connectivity index (χ0v) is 20.5. The highest BCUT2D eigenvalue weighted by Gasteiger charge is 2.16. The van der Waals surface area contributed by atoms with Crippen molar-refractivity contribution in [3.05, 3.63) is 57.3 Å². The Bertz CT molecular complexity index is 1610. The van der Waals surface area contributed by atoms with Crippen LogP contribution < -0.4 is 0 Å². The van der Waals surface area contributed by atoms with Crippen molar-refractivity contribution in [2.45, 2.75) is 0 Å². The molecule has 0 saturated heterocycles. The Labute approximate surface area is 208 Å². The number of allylic oxidation sites excluding steroid dienone is 2. The average molecular weight is 513 g/mol. The summed E-state index contributed by atoms with van der Waals surface area (Å²) in [6.07, 6.45) is 3.24. The number of rotatable bonds is 4. The maximum atomic E-state index is 8.97. The van der Waals surface area contributed by atoms with Crippen LogP contribution in [-0.4, -0.2) is 0 Å². The second-order valence-corrected chi connectivity index (χ2v) is 12.1. The van der Waals surface area contributed by atoms with Crippen LogP contribution in [0.4, 0.5) is 0 Å². The highest BCUT2D eigenvalue weighted by molar-refractivity contribution is 7.41. The molecule has 0 amide bonds. The van der Waals surface area contributed by atoms with Crippen molar-refractivity contribution in [2.75, 3.05) is 0 Å². The summed E-state index contributed by atoms with van der Waals surface area (Å²) in [5.74, 6) is 0. The molecule has 154 valence electrons. The van der Waals surface area contributed by atoms with Gasteiger partial charge in [0.05, 0.1) is 9.40 Å². The van der Waals surface area contributed by atoms with Crippen LogP contribution in [-0.2, 0) is 0 Å². The van der Waals surface area contributed by atoms with Crippen molar-refractivity contribution in [1.82, 2.24) is 0 Å². The predicted molar refractivity (Wildman–Crippen MR) is 140 cm³/mol. The average Bonchev–Trinajstić information content (AvgIpc) is 3.62. The van der Waals surface area contributed by atoms with E-state index >= 15 is 0 Å². The molecule has 0 radical (unpaired) electrons. The third-order valence-electron chi connectivity index (χ3n) is 4.62. The molecule has 5 heterocycles. The van der Waals surface area contributed by atoms with Crippen LogP contribution in [0.1, 0.15) is 9.75 Å². The van der Waals surface area contributed by atoms with E-state index in [1.165, 1.54) is 28.6 Å². The Morgan fingerprint density at radius 2 is 0.970 bits per heavy atom. The number of hydrogen-bond acceptors (Lipinski definition) is 9. The fraction of sp³-hybridized carbons (Fsp3) is 0. The lowest BCUT2D eigenvalue weighted by molar-refractivity contribution is 1.47. The molecule has 0 fully saturated rings. The first kappa shape index (κ1) is 21.3. The van der Waals surface area contributed by atoms with Crippen molar-refractivity contribution in [2.24, 2.45) is 0 Å². The van der Waals surface area contributed by atoms with Gasteiger partial charge >= 0.3 is 0 Å². The summed E-state index contributed by atoms with van der Waals surface area (Å²) in [4.78, 5) is 6.38. The highest BCUT2D eigenvalue weighted by Crippen LogP contribution is 2.49. The molecule has 0 atom stereocenters. The van der Waals surface area contributed by atoms with Gasteiger partial charge in [-0.05, 0) is 48.6 Å². The minimum Gasteiger partial charge on any atom is -0.192 e. The van der Waals surface area contributed by atoms with Crippen molar-refractivity contribution in [3.63, 3.8) is 0 Å².